The third-order valence-electron chi connectivity index (χ3n) is 3.19. The molecule has 1 N–H and O–H groups in total. The second-order valence-electron chi connectivity index (χ2n) is 4.25. The SMILES string of the molecule is CCn1nc(C)c([N+](=O)[O-])c1N(C)C1CNC1. The van der Waals surface area contributed by atoms with Crippen molar-refractivity contribution in [3.8, 4) is 0 Å². The molecule has 17 heavy (non-hydrogen) atoms. The van der Waals surface area contributed by atoms with Crippen molar-refractivity contribution in [2.24, 2.45) is 0 Å². The van der Waals surface area contributed by atoms with Gasteiger partial charge in [-0.15, -0.1) is 0 Å². The maximum Gasteiger partial charge on any atom is 0.333 e. The molecule has 1 saturated heterocycles. The highest BCUT2D eigenvalue weighted by Crippen LogP contribution is 2.32. The zero-order valence-corrected chi connectivity index (χ0v) is 10.3. The quantitative estimate of drug-likeness (QED) is 0.612. The molecule has 2 heterocycles. The van der Waals surface area contributed by atoms with Crippen molar-refractivity contribution in [2.75, 3.05) is 25.0 Å². The van der Waals surface area contributed by atoms with E-state index in [0.29, 0.717) is 24.1 Å². The van der Waals surface area contributed by atoms with Crippen LogP contribution in [-0.2, 0) is 6.54 Å². The number of nitrogens with zero attached hydrogens (tertiary/aromatic N) is 4. The smallest absolute Gasteiger partial charge is 0.333 e. The summed E-state index contributed by atoms with van der Waals surface area (Å²) in [5, 5.41) is 18.5. The minimum absolute atomic E-state index is 0.126. The lowest BCUT2D eigenvalue weighted by Crippen LogP contribution is -2.56. The Morgan fingerprint density at radius 1 is 1.65 bits per heavy atom. The fourth-order valence-corrected chi connectivity index (χ4v) is 2.06. The summed E-state index contributed by atoms with van der Waals surface area (Å²) < 4.78 is 1.70. The lowest BCUT2D eigenvalue weighted by atomic mass is 10.1. The number of nitro groups is 1. The van der Waals surface area contributed by atoms with E-state index in [1.54, 1.807) is 11.6 Å². The van der Waals surface area contributed by atoms with Crippen molar-refractivity contribution in [3.05, 3.63) is 15.8 Å². The van der Waals surface area contributed by atoms with Crippen molar-refractivity contribution < 1.29 is 4.92 Å². The molecular formula is C10H17N5O2. The molecule has 1 aliphatic heterocycles. The largest absolute Gasteiger partial charge is 0.349 e. The average molecular weight is 239 g/mol. The first-order valence-electron chi connectivity index (χ1n) is 5.71. The predicted octanol–water partition coefficient (Wildman–Crippen LogP) is 0.528. The number of nitrogens with one attached hydrogen (secondary N) is 1. The van der Waals surface area contributed by atoms with Crippen molar-refractivity contribution in [1.82, 2.24) is 15.1 Å². The Hall–Kier alpha value is -1.63. The van der Waals surface area contributed by atoms with E-state index in [2.05, 4.69) is 10.4 Å². The highest BCUT2D eigenvalue weighted by Gasteiger charge is 2.32. The molecule has 0 bridgehead atoms. The van der Waals surface area contributed by atoms with Crippen LogP contribution in [0.3, 0.4) is 0 Å². The Labute approximate surface area is 99.6 Å². The molecule has 0 aliphatic carbocycles. The number of aryl methyl sites for hydroxylation is 2. The molecular weight excluding hydrogens is 222 g/mol. The third kappa shape index (κ3) is 1.86. The summed E-state index contributed by atoms with van der Waals surface area (Å²) in [6.45, 7) is 5.98. The van der Waals surface area contributed by atoms with Crippen LogP contribution >= 0.6 is 0 Å². The van der Waals surface area contributed by atoms with Crippen molar-refractivity contribution in [2.45, 2.75) is 26.4 Å². The van der Waals surface area contributed by atoms with Gasteiger partial charge >= 0.3 is 5.69 Å². The first kappa shape index (κ1) is 11.8. The Bertz CT molecular complexity index is 438. The summed E-state index contributed by atoms with van der Waals surface area (Å²) >= 11 is 0. The molecule has 0 atom stereocenters. The van der Waals surface area contributed by atoms with Gasteiger partial charge in [0.25, 0.3) is 0 Å². The van der Waals surface area contributed by atoms with Gasteiger partial charge in [0.15, 0.2) is 0 Å². The van der Waals surface area contributed by atoms with Crippen LogP contribution < -0.4 is 10.2 Å². The number of likely N-dealkylation sites (N-methyl/N-ethyl adjacent to an activating group) is 1. The first-order chi connectivity index (χ1) is 8.06. The number of hydrogen-bond donors (Lipinski definition) is 1. The molecule has 0 saturated carbocycles. The van der Waals surface area contributed by atoms with Gasteiger partial charge < -0.3 is 10.2 Å². The van der Waals surface area contributed by atoms with E-state index in [9.17, 15) is 10.1 Å². The fraction of sp³-hybridized carbons (Fsp3) is 0.700. The summed E-state index contributed by atoms with van der Waals surface area (Å²) in [6, 6.07) is 0.315. The Morgan fingerprint density at radius 2 is 2.29 bits per heavy atom. The average Bonchev–Trinajstić information content (AvgIpc) is 2.52. The Morgan fingerprint density at radius 3 is 2.71 bits per heavy atom. The second kappa shape index (κ2) is 4.33. The molecule has 1 aromatic rings. The van der Waals surface area contributed by atoms with Crippen LogP contribution in [0.25, 0.3) is 0 Å². The topological polar surface area (TPSA) is 76.2 Å². The summed E-state index contributed by atoms with van der Waals surface area (Å²) in [4.78, 5) is 12.7. The van der Waals surface area contributed by atoms with Crippen molar-refractivity contribution in [3.63, 3.8) is 0 Å². The van der Waals surface area contributed by atoms with Crippen molar-refractivity contribution >= 4 is 11.5 Å². The van der Waals surface area contributed by atoms with Gasteiger partial charge in [-0.25, -0.2) is 4.68 Å². The minimum atomic E-state index is -0.341. The lowest BCUT2D eigenvalue weighted by molar-refractivity contribution is -0.384. The zero-order valence-electron chi connectivity index (χ0n) is 10.3. The summed E-state index contributed by atoms with van der Waals surface area (Å²) in [5.74, 6) is 0.613. The molecule has 1 aliphatic rings. The van der Waals surface area contributed by atoms with E-state index < -0.39 is 0 Å². The minimum Gasteiger partial charge on any atom is -0.349 e. The van der Waals surface area contributed by atoms with Gasteiger partial charge in [0.2, 0.25) is 5.82 Å². The zero-order chi connectivity index (χ0) is 12.6. The van der Waals surface area contributed by atoms with E-state index in [4.69, 9.17) is 0 Å². The van der Waals surface area contributed by atoms with E-state index >= 15 is 0 Å². The van der Waals surface area contributed by atoms with Gasteiger partial charge in [0.05, 0.1) is 11.0 Å². The second-order valence-corrected chi connectivity index (χ2v) is 4.25. The molecule has 0 radical (unpaired) electrons. The van der Waals surface area contributed by atoms with Gasteiger partial charge in [-0.1, -0.05) is 0 Å². The molecule has 1 aromatic heterocycles. The molecule has 0 unspecified atom stereocenters. The molecule has 2 rings (SSSR count). The van der Waals surface area contributed by atoms with E-state index in [-0.39, 0.29) is 10.6 Å². The van der Waals surface area contributed by atoms with Crippen LogP contribution in [0.5, 0.6) is 0 Å². The van der Waals surface area contributed by atoms with E-state index in [1.807, 2.05) is 18.9 Å². The Balaban J connectivity index is 2.44. The van der Waals surface area contributed by atoms with E-state index in [1.165, 1.54) is 0 Å². The monoisotopic (exact) mass is 239 g/mol. The molecule has 1 fully saturated rings. The predicted molar refractivity (Wildman–Crippen MR) is 64.4 cm³/mol. The number of aromatic nitrogens is 2. The van der Waals surface area contributed by atoms with Gasteiger partial charge in [0.1, 0.15) is 5.69 Å². The molecule has 7 nitrogen and oxygen atoms in total. The highest BCUT2D eigenvalue weighted by atomic mass is 16.6. The third-order valence-corrected chi connectivity index (χ3v) is 3.19. The van der Waals surface area contributed by atoms with Crippen molar-refractivity contribution in [1.29, 1.82) is 0 Å². The van der Waals surface area contributed by atoms with Gasteiger partial charge in [-0.05, 0) is 13.8 Å². The maximum atomic E-state index is 11.1. The van der Waals surface area contributed by atoms with Crippen LogP contribution in [0.4, 0.5) is 11.5 Å². The van der Waals surface area contributed by atoms with Crippen LogP contribution in [0.1, 0.15) is 12.6 Å². The maximum absolute atomic E-state index is 11.1. The van der Waals surface area contributed by atoms with Crippen LogP contribution in [0.2, 0.25) is 0 Å². The summed E-state index contributed by atoms with van der Waals surface area (Å²) in [6.07, 6.45) is 0. The van der Waals surface area contributed by atoms with E-state index in [0.717, 1.165) is 13.1 Å². The highest BCUT2D eigenvalue weighted by molar-refractivity contribution is 5.61. The molecule has 0 aromatic carbocycles. The molecule has 0 amide bonds. The van der Waals surface area contributed by atoms with Crippen LogP contribution in [0.15, 0.2) is 0 Å². The fourth-order valence-electron chi connectivity index (χ4n) is 2.06. The molecule has 94 valence electrons. The lowest BCUT2D eigenvalue weighted by Gasteiger charge is -2.36. The van der Waals surface area contributed by atoms with Gasteiger partial charge in [0, 0.05) is 26.7 Å². The van der Waals surface area contributed by atoms with Gasteiger partial charge in [-0.3, -0.25) is 10.1 Å². The van der Waals surface area contributed by atoms with Crippen LogP contribution in [0, 0.1) is 17.0 Å². The standard InChI is InChI=1S/C10H17N5O2/c1-4-14-10(13(3)8-5-11-6-8)9(15(16)17)7(2)12-14/h8,11H,4-6H2,1-3H3. The summed E-state index contributed by atoms with van der Waals surface area (Å²) in [7, 11) is 1.89. The van der Waals surface area contributed by atoms with Crippen LogP contribution in [-0.4, -0.2) is 40.9 Å². The number of anilines is 1. The molecule has 7 heteroatoms. The summed E-state index contributed by atoms with van der Waals surface area (Å²) in [5.41, 5.74) is 0.604. The van der Waals surface area contributed by atoms with Gasteiger partial charge in [-0.2, -0.15) is 5.10 Å². The number of hydrogen-bond acceptors (Lipinski definition) is 5. The number of rotatable bonds is 4. The Kier molecular flexibility index (Phi) is 3.01. The first-order valence-corrected chi connectivity index (χ1v) is 5.71. The molecule has 0 spiro atoms. The normalized spacial score (nSPS) is 15.7.